The van der Waals surface area contributed by atoms with E-state index in [2.05, 4.69) is 22.3 Å². The molecular formula is C18H28N2O2. The number of piperidine rings is 1. The van der Waals surface area contributed by atoms with Crippen molar-refractivity contribution in [3.05, 3.63) is 29.8 Å². The van der Waals surface area contributed by atoms with Crippen LogP contribution in [0, 0.1) is 0 Å². The Labute approximate surface area is 133 Å². The van der Waals surface area contributed by atoms with Crippen molar-refractivity contribution in [3.8, 4) is 5.75 Å². The monoisotopic (exact) mass is 304 g/mol. The average Bonchev–Trinajstić information content (AvgIpc) is 2.57. The molecular weight excluding hydrogens is 276 g/mol. The maximum absolute atomic E-state index is 11.6. The van der Waals surface area contributed by atoms with Gasteiger partial charge in [0.15, 0.2) is 0 Å². The van der Waals surface area contributed by atoms with E-state index in [1.165, 1.54) is 24.8 Å². The van der Waals surface area contributed by atoms with E-state index in [1.807, 2.05) is 26.0 Å². The molecule has 4 heteroatoms. The molecule has 1 atom stereocenters. The highest BCUT2D eigenvalue weighted by Crippen LogP contribution is 2.26. The number of ether oxygens (including phenoxy) is 1. The number of nitrogens with zero attached hydrogens (tertiary/aromatic N) is 1. The van der Waals surface area contributed by atoms with Gasteiger partial charge in [-0.05, 0) is 50.6 Å². The second-order valence-electron chi connectivity index (χ2n) is 5.77. The van der Waals surface area contributed by atoms with Crippen molar-refractivity contribution >= 4 is 5.91 Å². The van der Waals surface area contributed by atoms with Crippen LogP contribution in [0.4, 0.5) is 0 Å². The molecule has 1 N–H and O–H groups in total. The number of benzene rings is 1. The lowest BCUT2D eigenvalue weighted by Gasteiger charge is -2.35. The summed E-state index contributed by atoms with van der Waals surface area (Å²) >= 11 is 0. The Morgan fingerprint density at radius 3 is 2.45 bits per heavy atom. The molecule has 1 amide bonds. The van der Waals surface area contributed by atoms with Gasteiger partial charge < -0.3 is 10.1 Å². The second-order valence-corrected chi connectivity index (χ2v) is 5.77. The van der Waals surface area contributed by atoms with Crippen molar-refractivity contribution in [1.29, 1.82) is 0 Å². The number of carbonyl (C=O) groups excluding carboxylic acids is 1. The molecule has 0 radical (unpaired) electrons. The smallest absolute Gasteiger partial charge is 0.219 e. The van der Waals surface area contributed by atoms with E-state index in [-0.39, 0.29) is 11.9 Å². The minimum atomic E-state index is 0.118. The summed E-state index contributed by atoms with van der Waals surface area (Å²) in [4.78, 5) is 14.1. The van der Waals surface area contributed by atoms with Crippen LogP contribution in [0.1, 0.15) is 51.1 Å². The fraction of sp³-hybridized carbons (Fsp3) is 0.611. The summed E-state index contributed by atoms with van der Waals surface area (Å²) in [6.45, 7) is 7.47. The van der Waals surface area contributed by atoms with Crippen LogP contribution < -0.4 is 10.1 Å². The van der Waals surface area contributed by atoms with Gasteiger partial charge in [0.05, 0.1) is 12.6 Å². The van der Waals surface area contributed by atoms with Crippen LogP contribution in [0.2, 0.25) is 0 Å². The van der Waals surface area contributed by atoms with Gasteiger partial charge in [0.25, 0.3) is 0 Å². The fourth-order valence-corrected chi connectivity index (χ4v) is 2.98. The molecule has 1 heterocycles. The fourth-order valence-electron chi connectivity index (χ4n) is 2.98. The van der Waals surface area contributed by atoms with Gasteiger partial charge in [-0.25, -0.2) is 0 Å². The molecule has 4 nitrogen and oxygen atoms in total. The third-order valence-electron chi connectivity index (χ3n) is 4.22. The van der Waals surface area contributed by atoms with Gasteiger partial charge in [0, 0.05) is 13.0 Å². The summed E-state index contributed by atoms with van der Waals surface area (Å²) in [6.07, 6.45) is 4.34. The molecule has 2 rings (SSSR count). The van der Waals surface area contributed by atoms with Crippen molar-refractivity contribution in [3.63, 3.8) is 0 Å². The predicted octanol–water partition coefficient (Wildman–Crippen LogP) is 3.14. The van der Waals surface area contributed by atoms with Gasteiger partial charge in [-0.2, -0.15) is 0 Å². The van der Waals surface area contributed by atoms with E-state index < -0.39 is 0 Å². The number of carbonyl (C=O) groups is 1. The number of hydrogen-bond donors (Lipinski definition) is 1. The van der Waals surface area contributed by atoms with Crippen LogP contribution in [-0.2, 0) is 4.79 Å². The first-order chi connectivity index (χ1) is 10.7. The topological polar surface area (TPSA) is 41.6 Å². The zero-order chi connectivity index (χ0) is 15.8. The van der Waals surface area contributed by atoms with Crippen molar-refractivity contribution in [2.75, 3.05) is 26.2 Å². The number of hydrogen-bond acceptors (Lipinski definition) is 3. The van der Waals surface area contributed by atoms with Gasteiger partial charge in [0.1, 0.15) is 5.75 Å². The van der Waals surface area contributed by atoms with Crippen molar-refractivity contribution in [2.24, 2.45) is 0 Å². The number of nitrogens with one attached hydrogen (secondary N) is 1. The van der Waals surface area contributed by atoms with Crippen molar-refractivity contribution in [2.45, 2.75) is 45.6 Å². The molecule has 122 valence electrons. The van der Waals surface area contributed by atoms with E-state index in [0.29, 0.717) is 19.6 Å². The quantitative estimate of drug-likeness (QED) is 0.841. The molecule has 1 aliphatic heterocycles. The van der Waals surface area contributed by atoms with Gasteiger partial charge >= 0.3 is 0 Å². The maximum atomic E-state index is 11.6. The van der Waals surface area contributed by atoms with Crippen LogP contribution in [0.15, 0.2) is 24.3 Å². The lowest BCUT2D eigenvalue weighted by atomic mass is 10.0. The highest BCUT2D eigenvalue weighted by molar-refractivity contribution is 5.75. The van der Waals surface area contributed by atoms with E-state index in [0.717, 1.165) is 18.8 Å². The Kier molecular flexibility index (Phi) is 6.72. The van der Waals surface area contributed by atoms with Crippen LogP contribution in [-0.4, -0.2) is 37.0 Å². The molecule has 22 heavy (non-hydrogen) atoms. The minimum absolute atomic E-state index is 0.118. The zero-order valence-electron chi connectivity index (χ0n) is 13.8. The van der Waals surface area contributed by atoms with E-state index in [9.17, 15) is 4.79 Å². The molecule has 0 saturated carbocycles. The molecule has 1 aromatic rings. The van der Waals surface area contributed by atoms with E-state index >= 15 is 0 Å². The molecule has 1 aromatic carbocycles. The largest absolute Gasteiger partial charge is 0.494 e. The molecule has 1 saturated heterocycles. The van der Waals surface area contributed by atoms with E-state index in [1.54, 1.807) is 0 Å². The first-order valence-electron chi connectivity index (χ1n) is 8.48. The van der Waals surface area contributed by atoms with Gasteiger partial charge in [-0.1, -0.05) is 25.5 Å². The number of amides is 1. The molecule has 1 fully saturated rings. The molecule has 0 aromatic heterocycles. The third-order valence-corrected chi connectivity index (χ3v) is 4.22. The van der Waals surface area contributed by atoms with Gasteiger partial charge in [-0.3, -0.25) is 9.69 Å². The lowest BCUT2D eigenvalue weighted by Crippen LogP contribution is -2.40. The first kappa shape index (κ1) is 16.8. The first-order valence-corrected chi connectivity index (χ1v) is 8.48. The lowest BCUT2D eigenvalue weighted by molar-refractivity contribution is -0.121. The summed E-state index contributed by atoms with van der Waals surface area (Å²) in [5.41, 5.74) is 1.25. The molecule has 1 aliphatic rings. The maximum Gasteiger partial charge on any atom is 0.219 e. The summed E-state index contributed by atoms with van der Waals surface area (Å²) < 4.78 is 5.52. The Morgan fingerprint density at radius 2 is 1.86 bits per heavy atom. The average molecular weight is 304 g/mol. The summed E-state index contributed by atoms with van der Waals surface area (Å²) in [7, 11) is 0. The highest BCUT2D eigenvalue weighted by Gasteiger charge is 2.22. The Bertz CT molecular complexity index is 453. The predicted molar refractivity (Wildman–Crippen MR) is 89.1 cm³/mol. The second kappa shape index (κ2) is 8.79. The van der Waals surface area contributed by atoms with Gasteiger partial charge in [0.2, 0.25) is 5.91 Å². The SMILES string of the molecule is CCOc1ccc(C(CNC(=O)CC)N2CCCCC2)cc1. The highest BCUT2D eigenvalue weighted by atomic mass is 16.5. The molecule has 1 unspecified atom stereocenters. The van der Waals surface area contributed by atoms with Crippen LogP contribution in [0.25, 0.3) is 0 Å². The standard InChI is InChI=1S/C18H28N2O2/c1-3-18(21)19-14-17(20-12-6-5-7-13-20)15-8-10-16(11-9-15)22-4-2/h8-11,17H,3-7,12-14H2,1-2H3,(H,19,21). The number of likely N-dealkylation sites (tertiary alicyclic amines) is 1. The molecule has 0 aliphatic carbocycles. The van der Waals surface area contributed by atoms with Crippen LogP contribution in [0.3, 0.4) is 0 Å². The zero-order valence-corrected chi connectivity index (χ0v) is 13.8. The van der Waals surface area contributed by atoms with Gasteiger partial charge in [-0.15, -0.1) is 0 Å². The summed E-state index contributed by atoms with van der Waals surface area (Å²) in [6, 6.07) is 8.56. The van der Waals surface area contributed by atoms with Crippen LogP contribution in [0.5, 0.6) is 5.75 Å². The third kappa shape index (κ3) is 4.73. The molecule has 0 bridgehead atoms. The summed E-state index contributed by atoms with van der Waals surface area (Å²) in [5, 5.41) is 3.06. The minimum Gasteiger partial charge on any atom is -0.494 e. The Hall–Kier alpha value is -1.55. The van der Waals surface area contributed by atoms with Crippen LogP contribution >= 0.6 is 0 Å². The van der Waals surface area contributed by atoms with E-state index in [4.69, 9.17) is 4.74 Å². The Morgan fingerprint density at radius 1 is 1.18 bits per heavy atom. The Balaban J connectivity index is 2.09. The number of rotatable bonds is 7. The van der Waals surface area contributed by atoms with Crippen molar-refractivity contribution in [1.82, 2.24) is 10.2 Å². The normalized spacial score (nSPS) is 17.0. The summed E-state index contributed by atoms with van der Waals surface area (Å²) in [5.74, 6) is 1.02. The molecule has 0 spiro atoms. The van der Waals surface area contributed by atoms with Crippen molar-refractivity contribution < 1.29 is 9.53 Å².